The van der Waals surface area contributed by atoms with Crippen molar-refractivity contribution in [1.29, 1.82) is 0 Å². The molecule has 7 nitrogen and oxygen atoms in total. The highest BCUT2D eigenvalue weighted by molar-refractivity contribution is 7.80. The molecule has 0 aliphatic rings. The Kier molecular flexibility index (Phi) is 5.46. The fourth-order valence-electron chi connectivity index (χ4n) is 2.91. The van der Waals surface area contributed by atoms with Crippen LogP contribution in [0.2, 0.25) is 0 Å². The van der Waals surface area contributed by atoms with Gasteiger partial charge in [-0.1, -0.05) is 36.4 Å². The van der Waals surface area contributed by atoms with Gasteiger partial charge in [-0.3, -0.25) is 20.2 Å². The van der Waals surface area contributed by atoms with Crippen molar-refractivity contribution >= 4 is 56.2 Å². The van der Waals surface area contributed by atoms with E-state index in [0.717, 1.165) is 20.8 Å². The Morgan fingerprint density at radius 3 is 2.50 bits per heavy atom. The van der Waals surface area contributed by atoms with Crippen molar-refractivity contribution in [2.24, 2.45) is 0 Å². The van der Waals surface area contributed by atoms with Crippen LogP contribution in [0.5, 0.6) is 0 Å². The van der Waals surface area contributed by atoms with Crippen LogP contribution in [0.15, 0.2) is 72.8 Å². The van der Waals surface area contributed by atoms with Crippen LogP contribution in [0.25, 0.3) is 20.8 Å². The van der Waals surface area contributed by atoms with Gasteiger partial charge in [-0.2, -0.15) is 0 Å². The summed E-state index contributed by atoms with van der Waals surface area (Å²) in [7, 11) is 0. The van der Waals surface area contributed by atoms with E-state index >= 15 is 0 Å². The molecule has 0 fully saturated rings. The Labute approximate surface area is 180 Å². The van der Waals surface area contributed by atoms with Gasteiger partial charge in [0.1, 0.15) is 10.6 Å². The van der Waals surface area contributed by atoms with Gasteiger partial charge in [0.25, 0.3) is 11.6 Å². The van der Waals surface area contributed by atoms with E-state index in [1.54, 1.807) is 17.4 Å². The van der Waals surface area contributed by atoms with Crippen molar-refractivity contribution in [2.75, 3.05) is 5.32 Å². The molecule has 0 aliphatic heterocycles. The topological polar surface area (TPSA) is 97.2 Å². The van der Waals surface area contributed by atoms with Crippen molar-refractivity contribution in [2.45, 2.75) is 0 Å². The van der Waals surface area contributed by atoms with Crippen LogP contribution in [-0.2, 0) is 0 Å². The maximum Gasteiger partial charge on any atom is 0.282 e. The number of para-hydroxylation sites is 3. The maximum atomic E-state index is 12.5. The van der Waals surface area contributed by atoms with E-state index in [-0.39, 0.29) is 16.4 Å². The highest BCUT2D eigenvalue weighted by Crippen LogP contribution is 2.34. The molecule has 0 saturated carbocycles. The predicted molar refractivity (Wildman–Crippen MR) is 122 cm³/mol. The minimum absolute atomic E-state index is 0.0340. The van der Waals surface area contributed by atoms with E-state index in [4.69, 9.17) is 12.2 Å². The van der Waals surface area contributed by atoms with Gasteiger partial charge in [-0.15, -0.1) is 11.3 Å². The minimum Gasteiger partial charge on any atom is -0.332 e. The molecule has 0 spiro atoms. The third kappa shape index (κ3) is 4.02. The zero-order valence-electron chi connectivity index (χ0n) is 15.4. The molecule has 0 radical (unpaired) electrons. The number of thiazole rings is 1. The smallest absolute Gasteiger partial charge is 0.282 e. The van der Waals surface area contributed by atoms with Gasteiger partial charge in [-0.05, 0) is 42.5 Å². The van der Waals surface area contributed by atoms with Gasteiger partial charge in [-0.25, -0.2) is 4.98 Å². The summed E-state index contributed by atoms with van der Waals surface area (Å²) in [5.74, 6) is -0.655. The second-order valence-corrected chi connectivity index (χ2v) is 7.65. The summed E-state index contributed by atoms with van der Waals surface area (Å²) in [6, 6.07) is 21.0. The third-order valence-corrected chi connectivity index (χ3v) is 5.55. The number of amides is 1. The monoisotopic (exact) mass is 434 g/mol. The SMILES string of the molecule is O=C(NC(=S)Nc1ccccc1-c1nc2ccccc2s1)c1ccccc1[N+](=O)[O-]. The average molecular weight is 435 g/mol. The van der Waals surface area contributed by atoms with Crippen molar-refractivity contribution in [3.8, 4) is 10.6 Å². The standard InChI is InChI=1S/C21H14N4O3S2/c26-19(14-8-2-5-11-17(14)25(27)28)24-21(29)23-15-9-3-1-7-13(15)20-22-16-10-4-6-12-18(16)30-20/h1-12H,(H2,23,24,26,29). The summed E-state index contributed by atoms with van der Waals surface area (Å²) >= 11 is 6.82. The first-order chi connectivity index (χ1) is 14.5. The number of thiocarbonyl (C=S) groups is 1. The normalized spacial score (nSPS) is 10.5. The van der Waals surface area contributed by atoms with E-state index in [2.05, 4.69) is 15.6 Å². The second-order valence-electron chi connectivity index (χ2n) is 6.21. The van der Waals surface area contributed by atoms with Gasteiger partial charge >= 0.3 is 0 Å². The summed E-state index contributed by atoms with van der Waals surface area (Å²) in [5.41, 5.74) is 2.06. The molecule has 0 atom stereocenters. The second kappa shape index (κ2) is 8.36. The first kappa shape index (κ1) is 19.6. The molecule has 1 amide bonds. The molecule has 4 aromatic rings. The molecule has 9 heteroatoms. The lowest BCUT2D eigenvalue weighted by Crippen LogP contribution is -2.34. The fraction of sp³-hybridized carbons (Fsp3) is 0. The molecule has 0 aliphatic carbocycles. The number of carbonyl (C=O) groups excluding carboxylic acids is 1. The Bertz CT molecular complexity index is 1250. The Hall–Kier alpha value is -3.69. The number of hydrogen-bond acceptors (Lipinski definition) is 6. The van der Waals surface area contributed by atoms with E-state index in [1.807, 2.05) is 48.5 Å². The van der Waals surface area contributed by atoms with E-state index in [0.29, 0.717) is 5.69 Å². The first-order valence-corrected chi connectivity index (χ1v) is 10.1. The molecule has 148 valence electrons. The van der Waals surface area contributed by atoms with Crippen LogP contribution < -0.4 is 10.6 Å². The molecule has 3 aromatic carbocycles. The van der Waals surface area contributed by atoms with Crippen molar-refractivity contribution < 1.29 is 9.72 Å². The van der Waals surface area contributed by atoms with Crippen LogP contribution in [0.3, 0.4) is 0 Å². The Morgan fingerprint density at radius 1 is 1.00 bits per heavy atom. The van der Waals surface area contributed by atoms with Gasteiger partial charge in [0, 0.05) is 11.6 Å². The van der Waals surface area contributed by atoms with Crippen molar-refractivity contribution in [3.05, 3.63) is 88.5 Å². The molecular formula is C21H14N4O3S2. The summed E-state index contributed by atoms with van der Waals surface area (Å²) in [6.45, 7) is 0. The molecule has 1 heterocycles. The lowest BCUT2D eigenvalue weighted by molar-refractivity contribution is -0.385. The van der Waals surface area contributed by atoms with E-state index < -0.39 is 10.8 Å². The van der Waals surface area contributed by atoms with E-state index in [9.17, 15) is 14.9 Å². The van der Waals surface area contributed by atoms with Crippen LogP contribution in [0, 0.1) is 10.1 Å². The number of nitrogens with zero attached hydrogens (tertiary/aromatic N) is 2. The van der Waals surface area contributed by atoms with Gasteiger partial charge in [0.2, 0.25) is 0 Å². The number of nitro benzene ring substituents is 1. The summed E-state index contributed by atoms with van der Waals surface area (Å²) in [5, 5.41) is 17.5. The van der Waals surface area contributed by atoms with Crippen molar-refractivity contribution in [1.82, 2.24) is 10.3 Å². The zero-order chi connectivity index (χ0) is 21.1. The lowest BCUT2D eigenvalue weighted by Gasteiger charge is -2.12. The minimum atomic E-state index is -0.655. The Balaban J connectivity index is 1.56. The molecular weight excluding hydrogens is 420 g/mol. The van der Waals surface area contributed by atoms with Gasteiger partial charge in [0.05, 0.1) is 20.8 Å². The summed E-state index contributed by atoms with van der Waals surface area (Å²) < 4.78 is 1.06. The number of nitro groups is 1. The largest absolute Gasteiger partial charge is 0.332 e. The fourth-order valence-corrected chi connectivity index (χ4v) is 4.12. The molecule has 0 bridgehead atoms. The molecule has 1 aromatic heterocycles. The maximum absolute atomic E-state index is 12.5. The summed E-state index contributed by atoms with van der Waals surface area (Å²) in [6.07, 6.45) is 0. The Morgan fingerprint density at radius 2 is 1.70 bits per heavy atom. The molecule has 2 N–H and O–H groups in total. The van der Waals surface area contributed by atoms with Crippen LogP contribution in [0.4, 0.5) is 11.4 Å². The average Bonchev–Trinajstić information content (AvgIpc) is 3.18. The highest BCUT2D eigenvalue weighted by Gasteiger charge is 2.20. The predicted octanol–water partition coefficient (Wildman–Crippen LogP) is 5.00. The quantitative estimate of drug-likeness (QED) is 0.267. The third-order valence-electron chi connectivity index (χ3n) is 4.27. The van der Waals surface area contributed by atoms with E-state index in [1.165, 1.54) is 18.2 Å². The van der Waals surface area contributed by atoms with Gasteiger partial charge < -0.3 is 5.32 Å². The lowest BCUT2D eigenvalue weighted by atomic mass is 10.1. The van der Waals surface area contributed by atoms with Crippen LogP contribution >= 0.6 is 23.6 Å². The summed E-state index contributed by atoms with van der Waals surface area (Å²) in [4.78, 5) is 27.7. The number of hydrogen-bond donors (Lipinski definition) is 2. The number of fused-ring (bicyclic) bond motifs is 1. The number of nitrogens with one attached hydrogen (secondary N) is 2. The van der Waals surface area contributed by atoms with Gasteiger partial charge in [0.15, 0.2) is 5.11 Å². The molecule has 0 saturated heterocycles. The number of carbonyl (C=O) groups is 1. The number of anilines is 1. The first-order valence-electron chi connectivity index (χ1n) is 8.83. The number of aromatic nitrogens is 1. The zero-order valence-corrected chi connectivity index (χ0v) is 17.0. The number of rotatable bonds is 4. The highest BCUT2D eigenvalue weighted by atomic mass is 32.1. The van der Waals surface area contributed by atoms with Crippen molar-refractivity contribution in [3.63, 3.8) is 0 Å². The van der Waals surface area contributed by atoms with Crippen LogP contribution in [0.1, 0.15) is 10.4 Å². The molecule has 30 heavy (non-hydrogen) atoms. The molecule has 4 rings (SSSR count). The van der Waals surface area contributed by atoms with Crippen LogP contribution in [-0.4, -0.2) is 20.9 Å². The number of benzene rings is 3. The molecule has 0 unspecified atom stereocenters.